The summed E-state index contributed by atoms with van der Waals surface area (Å²) < 4.78 is 10.8. The number of piperidine rings is 1. The van der Waals surface area contributed by atoms with Crippen molar-refractivity contribution >= 4 is 0 Å². The van der Waals surface area contributed by atoms with E-state index in [9.17, 15) is 0 Å². The lowest BCUT2D eigenvalue weighted by Gasteiger charge is -2.35. The van der Waals surface area contributed by atoms with Gasteiger partial charge < -0.3 is 19.7 Å². The Balaban J connectivity index is 1.52. The first kappa shape index (κ1) is 14.7. The molecule has 21 heavy (non-hydrogen) atoms. The van der Waals surface area contributed by atoms with Crippen molar-refractivity contribution in [1.82, 2.24) is 10.2 Å². The standard InChI is InChI=1S/C17H26N2O2/c1-3-19-8-4-5-15(11-19)13(2)18-10-14-6-7-16-17(9-14)21-12-20-16/h6-7,9,13,15,18H,3-5,8,10-12H2,1-2H3. The molecule has 4 heteroatoms. The fraction of sp³-hybridized carbons (Fsp3) is 0.647. The molecule has 3 rings (SSSR count). The third-order valence-electron chi connectivity index (χ3n) is 4.76. The van der Waals surface area contributed by atoms with Crippen LogP contribution < -0.4 is 14.8 Å². The number of nitrogens with zero attached hydrogens (tertiary/aromatic N) is 1. The largest absolute Gasteiger partial charge is 0.454 e. The zero-order valence-corrected chi connectivity index (χ0v) is 13.1. The number of nitrogens with one attached hydrogen (secondary N) is 1. The molecule has 0 aliphatic carbocycles. The van der Waals surface area contributed by atoms with E-state index >= 15 is 0 Å². The van der Waals surface area contributed by atoms with Crippen molar-refractivity contribution in [3.8, 4) is 11.5 Å². The smallest absolute Gasteiger partial charge is 0.231 e. The highest BCUT2D eigenvalue weighted by Gasteiger charge is 2.23. The molecule has 0 bridgehead atoms. The molecule has 0 amide bonds. The summed E-state index contributed by atoms with van der Waals surface area (Å²) in [6, 6.07) is 6.75. The summed E-state index contributed by atoms with van der Waals surface area (Å²) in [7, 11) is 0. The first-order valence-corrected chi connectivity index (χ1v) is 8.10. The first-order chi connectivity index (χ1) is 10.3. The average molecular weight is 290 g/mol. The van der Waals surface area contributed by atoms with E-state index in [1.54, 1.807) is 0 Å². The van der Waals surface area contributed by atoms with Crippen LogP contribution in [-0.4, -0.2) is 37.4 Å². The molecule has 1 aromatic carbocycles. The van der Waals surface area contributed by atoms with E-state index in [1.165, 1.54) is 38.0 Å². The zero-order chi connectivity index (χ0) is 14.7. The lowest BCUT2D eigenvalue weighted by molar-refractivity contribution is 0.157. The van der Waals surface area contributed by atoms with Crippen LogP contribution in [0.25, 0.3) is 0 Å². The quantitative estimate of drug-likeness (QED) is 0.904. The monoisotopic (exact) mass is 290 g/mol. The maximum atomic E-state index is 5.43. The maximum Gasteiger partial charge on any atom is 0.231 e. The predicted molar refractivity (Wildman–Crippen MR) is 83.7 cm³/mol. The van der Waals surface area contributed by atoms with Gasteiger partial charge in [-0.1, -0.05) is 13.0 Å². The minimum Gasteiger partial charge on any atom is -0.454 e. The summed E-state index contributed by atoms with van der Waals surface area (Å²) in [4.78, 5) is 2.56. The Morgan fingerprint density at radius 2 is 2.19 bits per heavy atom. The van der Waals surface area contributed by atoms with Gasteiger partial charge in [0.15, 0.2) is 11.5 Å². The molecule has 1 N–H and O–H groups in total. The van der Waals surface area contributed by atoms with E-state index in [4.69, 9.17) is 9.47 Å². The van der Waals surface area contributed by atoms with E-state index < -0.39 is 0 Å². The Morgan fingerprint density at radius 3 is 3.05 bits per heavy atom. The van der Waals surface area contributed by atoms with Crippen LogP contribution in [0.4, 0.5) is 0 Å². The molecule has 2 unspecified atom stereocenters. The molecular weight excluding hydrogens is 264 g/mol. The summed E-state index contributed by atoms with van der Waals surface area (Å²) >= 11 is 0. The molecule has 2 atom stereocenters. The molecule has 1 saturated heterocycles. The lowest BCUT2D eigenvalue weighted by atomic mass is 9.91. The van der Waals surface area contributed by atoms with Crippen molar-refractivity contribution in [2.45, 2.75) is 39.3 Å². The fourth-order valence-corrected chi connectivity index (χ4v) is 3.28. The molecule has 116 valence electrons. The molecule has 0 spiro atoms. The molecule has 2 heterocycles. The fourth-order valence-electron chi connectivity index (χ4n) is 3.28. The zero-order valence-electron chi connectivity index (χ0n) is 13.1. The highest BCUT2D eigenvalue weighted by Crippen LogP contribution is 2.32. The van der Waals surface area contributed by atoms with E-state index in [-0.39, 0.29) is 0 Å². The highest BCUT2D eigenvalue weighted by atomic mass is 16.7. The van der Waals surface area contributed by atoms with Crippen molar-refractivity contribution in [1.29, 1.82) is 0 Å². The number of rotatable bonds is 5. The molecule has 0 saturated carbocycles. The summed E-state index contributed by atoms with van der Waals surface area (Å²) in [6.45, 7) is 9.47. The summed E-state index contributed by atoms with van der Waals surface area (Å²) in [5.41, 5.74) is 1.26. The van der Waals surface area contributed by atoms with Crippen LogP contribution in [0.15, 0.2) is 18.2 Å². The third-order valence-corrected chi connectivity index (χ3v) is 4.76. The molecular formula is C17H26N2O2. The molecule has 1 aromatic rings. The second kappa shape index (κ2) is 6.67. The van der Waals surface area contributed by atoms with Crippen LogP contribution in [0.2, 0.25) is 0 Å². The van der Waals surface area contributed by atoms with E-state index in [1.807, 2.05) is 6.07 Å². The van der Waals surface area contributed by atoms with Crippen molar-refractivity contribution in [2.24, 2.45) is 5.92 Å². The van der Waals surface area contributed by atoms with Gasteiger partial charge in [0.1, 0.15) is 0 Å². The molecule has 2 aliphatic rings. The van der Waals surface area contributed by atoms with Gasteiger partial charge in [-0.2, -0.15) is 0 Å². The normalized spacial score (nSPS) is 23.2. The van der Waals surface area contributed by atoms with Gasteiger partial charge in [0, 0.05) is 19.1 Å². The molecule has 4 nitrogen and oxygen atoms in total. The third kappa shape index (κ3) is 3.50. The number of ether oxygens (including phenoxy) is 2. The van der Waals surface area contributed by atoms with Gasteiger partial charge >= 0.3 is 0 Å². The molecule has 0 radical (unpaired) electrons. The van der Waals surface area contributed by atoms with Gasteiger partial charge in [0.25, 0.3) is 0 Å². The topological polar surface area (TPSA) is 33.7 Å². The minimum atomic E-state index is 0.345. The lowest BCUT2D eigenvalue weighted by Crippen LogP contribution is -2.44. The molecule has 2 aliphatic heterocycles. The number of hydrogen-bond donors (Lipinski definition) is 1. The maximum absolute atomic E-state index is 5.43. The SMILES string of the molecule is CCN1CCCC(C(C)NCc2ccc3c(c2)OCO3)C1. The summed E-state index contributed by atoms with van der Waals surface area (Å²) in [6.07, 6.45) is 2.67. The second-order valence-electron chi connectivity index (χ2n) is 6.15. The van der Waals surface area contributed by atoms with Gasteiger partial charge in [0.05, 0.1) is 0 Å². The van der Waals surface area contributed by atoms with E-state index in [2.05, 4.69) is 36.2 Å². The number of benzene rings is 1. The Hall–Kier alpha value is -1.26. The number of likely N-dealkylation sites (tertiary alicyclic amines) is 1. The van der Waals surface area contributed by atoms with Gasteiger partial charge in [-0.3, -0.25) is 0 Å². The summed E-state index contributed by atoms with van der Waals surface area (Å²) in [5, 5.41) is 3.68. The number of hydrogen-bond acceptors (Lipinski definition) is 4. The van der Waals surface area contributed by atoms with Crippen molar-refractivity contribution in [3.63, 3.8) is 0 Å². The second-order valence-corrected chi connectivity index (χ2v) is 6.15. The molecule has 0 aromatic heterocycles. The van der Waals surface area contributed by atoms with E-state index in [0.29, 0.717) is 12.8 Å². The van der Waals surface area contributed by atoms with Crippen LogP contribution in [0.1, 0.15) is 32.3 Å². The van der Waals surface area contributed by atoms with Gasteiger partial charge in [-0.25, -0.2) is 0 Å². The van der Waals surface area contributed by atoms with E-state index in [0.717, 1.165) is 24.0 Å². The van der Waals surface area contributed by atoms with Crippen LogP contribution >= 0.6 is 0 Å². The Bertz CT molecular complexity index is 478. The van der Waals surface area contributed by atoms with Crippen molar-refractivity contribution in [2.75, 3.05) is 26.4 Å². The minimum absolute atomic E-state index is 0.345. The average Bonchev–Trinajstić information content (AvgIpc) is 3.00. The Labute approximate surface area is 127 Å². The Kier molecular flexibility index (Phi) is 4.66. The Morgan fingerprint density at radius 1 is 1.33 bits per heavy atom. The highest BCUT2D eigenvalue weighted by molar-refractivity contribution is 5.44. The first-order valence-electron chi connectivity index (χ1n) is 8.10. The van der Waals surface area contributed by atoms with Crippen molar-refractivity contribution < 1.29 is 9.47 Å². The van der Waals surface area contributed by atoms with Gasteiger partial charge in [-0.05, 0) is 56.5 Å². The van der Waals surface area contributed by atoms with Gasteiger partial charge in [-0.15, -0.1) is 0 Å². The van der Waals surface area contributed by atoms with Crippen LogP contribution in [0.3, 0.4) is 0 Å². The predicted octanol–water partition coefficient (Wildman–Crippen LogP) is 2.63. The van der Waals surface area contributed by atoms with Crippen LogP contribution in [0, 0.1) is 5.92 Å². The van der Waals surface area contributed by atoms with Gasteiger partial charge in [0.2, 0.25) is 6.79 Å². The van der Waals surface area contributed by atoms with Crippen LogP contribution in [0.5, 0.6) is 11.5 Å². The molecule has 1 fully saturated rings. The van der Waals surface area contributed by atoms with Crippen LogP contribution in [-0.2, 0) is 6.54 Å². The van der Waals surface area contributed by atoms with Crippen molar-refractivity contribution in [3.05, 3.63) is 23.8 Å². The number of fused-ring (bicyclic) bond motifs is 1. The summed E-state index contributed by atoms with van der Waals surface area (Å²) in [5.74, 6) is 2.49.